The third-order valence-corrected chi connectivity index (χ3v) is 4.63. The highest BCUT2D eigenvalue weighted by atomic mass is 32.1. The van der Waals surface area contributed by atoms with Gasteiger partial charge in [-0.3, -0.25) is 5.43 Å². The van der Waals surface area contributed by atoms with E-state index in [0.29, 0.717) is 0 Å². The summed E-state index contributed by atoms with van der Waals surface area (Å²) in [5, 5.41) is 7.11. The molecule has 3 aromatic rings. The number of nitrogens with zero attached hydrogens (tertiary/aromatic N) is 2. The molecule has 0 saturated carbocycles. The van der Waals surface area contributed by atoms with Crippen molar-refractivity contribution in [3.8, 4) is 17.0 Å². The Labute approximate surface area is 144 Å². The summed E-state index contributed by atoms with van der Waals surface area (Å²) in [6, 6.07) is 16.3. The molecule has 0 unspecified atom stereocenters. The molecule has 0 radical (unpaired) electrons. The number of thiazole rings is 1. The predicted octanol–water partition coefficient (Wildman–Crippen LogP) is 4.58. The number of aryl methyl sites for hydroxylation is 1. The molecule has 1 N–H and O–H groups in total. The minimum Gasteiger partial charge on any atom is -0.493 e. The van der Waals surface area contributed by atoms with Crippen molar-refractivity contribution in [1.82, 2.24) is 4.98 Å². The Kier molecular flexibility index (Phi) is 4.25. The van der Waals surface area contributed by atoms with Crippen molar-refractivity contribution >= 4 is 22.7 Å². The molecule has 120 valence electrons. The van der Waals surface area contributed by atoms with Crippen LogP contribution in [0.4, 0.5) is 5.13 Å². The predicted molar refractivity (Wildman–Crippen MR) is 99.0 cm³/mol. The summed E-state index contributed by atoms with van der Waals surface area (Å²) in [5.41, 5.74) is 7.40. The van der Waals surface area contributed by atoms with Crippen LogP contribution < -0.4 is 10.2 Å². The van der Waals surface area contributed by atoms with E-state index in [2.05, 4.69) is 33.7 Å². The SMILES string of the molecule is C(=NNc1nc(-c2ccccc2)cs1)c1ccc2c(c1)CCCO2. The highest BCUT2D eigenvalue weighted by molar-refractivity contribution is 7.14. The van der Waals surface area contributed by atoms with Gasteiger partial charge in [0.25, 0.3) is 0 Å². The van der Waals surface area contributed by atoms with Gasteiger partial charge in [0.15, 0.2) is 0 Å². The fourth-order valence-corrected chi connectivity index (χ4v) is 3.36. The summed E-state index contributed by atoms with van der Waals surface area (Å²) in [6.07, 6.45) is 3.96. The highest BCUT2D eigenvalue weighted by Crippen LogP contribution is 2.26. The third kappa shape index (κ3) is 3.31. The minimum atomic E-state index is 0.784. The van der Waals surface area contributed by atoms with E-state index >= 15 is 0 Å². The monoisotopic (exact) mass is 335 g/mol. The molecule has 2 heterocycles. The summed E-state index contributed by atoms with van der Waals surface area (Å²) in [5.74, 6) is 0.999. The largest absolute Gasteiger partial charge is 0.493 e. The van der Waals surface area contributed by atoms with Crippen LogP contribution in [0.5, 0.6) is 5.75 Å². The summed E-state index contributed by atoms with van der Waals surface area (Å²) in [7, 11) is 0. The van der Waals surface area contributed by atoms with Gasteiger partial charge in [0.1, 0.15) is 5.75 Å². The summed E-state index contributed by atoms with van der Waals surface area (Å²) in [4.78, 5) is 4.56. The summed E-state index contributed by atoms with van der Waals surface area (Å²) >= 11 is 1.55. The molecule has 0 spiro atoms. The molecular formula is C19H17N3OS. The summed E-state index contributed by atoms with van der Waals surface area (Å²) in [6.45, 7) is 0.815. The second-order valence-electron chi connectivity index (χ2n) is 5.59. The first-order valence-corrected chi connectivity index (χ1v) is 8.82. The van der Waals surface area contributed by atoms with Gasteiger partial charge in [-0.1, -0.05) is 30.3 Å². The second kappa shape index (κ2) is 6.84. The van der Waals surface area contributed by atoms with Crippen molar-refractivity contribution in [3.05, 3.63) is 65.0 Å². The Morgan fingerprint density at radius 1 is 1.17 bits per heavy atom. The lowest BCUT2D eigenvalue weighted by atomic mass is 10.0. The third-order valence-electron chi connectivity index (χ3n) is 3.88. The van der Waals surface area contributed by atoms with E-state index in [0.717, 1.165) is 47.2 Å². The molecule has 1 aromatic heterocycles. The number of hydrogen-bond donors (Lipinski definition) is 1. The Morgan fingerprint density at radius 3 is 3.00 bits per heavy atom. The van der Waals surface area contributed by atoms with Crippen LogP contribution in [0.2, 0.25) is 0 Å². The van der Waals surface area contributed by atoms with Gasteiger partial charge in [-0.25, -0.2) is 4.98 Å². The van der Waals surface area contributed by atoms with Gasteiger partial charge in [0.05, 0.1) is 18.5 Å². The first kappa shape index (κ1) is 14.9. The number of hydrogen-bond acceptors (Lipinski definition) is 5. The van der Waals surface area contributed by atoms with E-state index in [1.54, 1.807) is 11.3 Å². The van der Waals surface area contributed by atoms with Crippen LogP contribution in [-0.4, -0.2) is 17.8 Å². The Hall–Kier alpha value is -2.66. The van der Waals surface area contributed by atoms with Gasteiger partial charge in [-0.2, -0.15) is 5.10 Å². The van der Waals surface area contributed by atoms with Crippen molar-refractivity contribution in [2.75, 3.05) is 12.0 Å². The topological polar surface area (TPSA) is 46.5 Å². The van der Waals surface area contributed by atoms with Gasteiger partial charge in [-0.15, -0.1) is 11.3 Å². The fourth-order valence-electron chi connectivity index (χ4n) is 2.69. The first-order chi connectivity index (χ1) is 11.9. The van der Waals surface area contributed by atoms with E-state index in [1.807, 2.05) is 41.9 Å². The maximum absolute atomic E-state index is 5.63. The van der Waals surface area contributed by atoms with Crippen LogP contribution >= 0.6 is 11.3 Å². The van der Waals surface area contributed by atoms with Gasteiger partial charge in [0, 0.05) is 10.9 Å². The van der Waals surface area contributed by atoms with Crippen molar-refractivity contribution in [2.24, 2.45) is 5.10 Å². The Morgan fingerprint density at radius 2 is 2.08 bits per heavy atom. The van der Waals surface area contributed by atoms with Gasteiger partial charge in [0.2, 0.25) is 5.13 Å². The first-order valence-electron chi connectivity index (χ1n) is 7.94. The number of aromatic nitrogens is 1. The van der Waals surface area contributed by atoms with E-state index in [9.17, 15) is 0 Å². The average Bonchev–Trinajstić information content (AvgIpc) is 3.11. The van der Waals surface area contributed by atoms with Crippen LogP contribution in [0.1, 0.15) is 17.5 Å². The van der Waals surface area contributed by atoms with Crippen molar-refractivity contribution in [1.29, 1.82) is 0 Å². The number of benzene rings is 2. The van der Waals surface area contributed by atoms with E-state index < -0.39 is 0 Å². The average molecular weight is 335 g/mol. The zero-order valence-corrected chi connectivity index (χ0v) is 13.9. The molecule has 4 nitrogen and oxygen atoms in total. The standard InChI is InChI=1S/C19H17N3OS/c1-2-5-15(6-3-1)17-13-24-19(21-17)22-20-12-14-8-9-18-16(11-14)7-4-10-23-18/h1-3,5-6,8-9,11-13H,4,7,10H2,(H,21,22). The zero-order chi connectivity index (χ0) is 16.2. The van der Waals surface area contributed by atoms with Crippen molar-refractivity contribution in [3.63, 3.8) is 0 Å². The van der Waals surface area contributed by atoms with Crippen LogP contribution in [0.15, 0.2) is 59.0 Å². The molecule has 5 heteroatoms. The normalized spacial score (nSPS) is 13.5. The zero-order valence-electron chi connectivity index (χ0n) is 13.1. The van der Waals surface area contributed by atoms with Crippen LogP contribution in [0.3, 0.4) is 0 Å². The molecule has 2 aromatic carbocycles. The lowest BCUT2D eigenvalue weighted by Crippen LogP contribution is -2.08. The molecule has 4 rings (SSSR count). The van der Waals surface area contributed by atoms with E-state index in [1.165, 1.54) is 5.56 Å². The van der Waals surface area contributed by atoms with Crippen LogP contribution in [0, 0.1) is 0 Å². The summed E-state index contributed by atoms with van der Waals surface area (Å²) < 4.78 is 5.63. The lowest BCUT2D eigenvalue weighted by Gasteiger charge is -2.16. The van der Waals surface area contributed by atoms with Crippen LogP contribution in [0.25, 0.3) is 11.3 Å². The lowest BCUT2D eigenvalue weighted by molar-refractivity contribution is 0.288. The van der Waals surface area contributed by atoms with Crippen LogP contribution in [-0.2, 0) is 6.42 Å². The second-order valence-corrected chi connectivity index (χ2v) is 6.45. The Balaban J connectivity index is 1.43. The molecule has 0 bridgehead atoms. The van der Waals surface area contributed by atoms with Gasteiger partial charge >= 0.3 is 0 Å². The molecule has 1 aliphatic heterocycles. The number of rotatable bonds is 4. The molecule has 0 saturated heterocycles. The molecule has 24 heavy (non-hydrogen) atoms. The molecule has 0 amide bonds. The quantitative estimate of drug-likeness (QED) is 0.561. The van der Waals surface area contributed by atoms with Crippen molar-refractivity contribution < 1.29 is 4.74 Å². The maximum atomic E-state index is 5.63. The molecular weight excluding hydrogens is 318 g/mol. The van der Waals surface area contributed by atoms with E-state index in [-0.39, 0.29) is 0 Å². The number of ether oxygens (including phenoxy) is 1. The molecule has 0 fully saturated rings. The minimum absolute atomic E-state index is 0.784. The van der Waals surface area contributed by atoms with Gasteiger partial charge in [-0.05, 0) is 42.2 Å². The molecule has 0 atom stereocenters. The molecule has 1 aliphatic rings. The maximum Gasteiger partial charge on any atom is 0.203 e. The number of nitrogens with one attached hydrogen (secondary N) is 1. The Bertz CT molecular complexity index is 858. The van der Waals surface area contributed by atoms with Gasteiger partial charge < -0.3 is 4.74 Å². The highest BCUT2D eigenvalue weighted by Gasteiger charge is 2.09. The fraction of sp³-hybridized carbons (Fsp3) is 0.158. The smallest absolute Gasteiger partial charge is 0.203 e. The van der Waals surface area contributed by atoms with Crippen molar-refractivity contribution in [2.45, 2.75) is 12.8 Å². The van der Waals surface area contributed by atoms with E-state index in [4.69, 9.17) is 4.74 Å². The molecule has 0 aliphatic carbocycles. The number of fused-ring (bicyclic) bond motifs is 1. The number of anilines is 1. The number of hydrazone groups is 1.